The highest BCUT2D eigenvalue weighted by Crippen LogP contribution is 2.43. The van der Waals surface area contributed by atoms with Gasteiger partial charge in [0.15, 0.2) is 0 Å². The SMILES string of the molecule is O=C(O)CC1CN(CC2CCC3(CCCC3)O2)CCO1. The lowest BCUT2D eigenvalue weighted by molar-refractivity contribution is -0.142. The average Bonchev–Trinajstić information content (AvgIpc) is 3.00. The van der Waals surface area contributed by atoms with Gasteiger partial charge in [0.1, 0.15) is 0 Å². The fourth-order valence-electron chi connectivity index (χ4n) is 3.96. The monoisotopic (exact) mass is 283 g/mol. The lowest BCUT2D eigenvalue weighted by atomic mass is 9.98. The molecule has 5 heteroatoms. The summed E-state index contributed by atoms with van der Waals surface area (Å²) in [6.45, 7) is 3.18. The number of hydrogen-bond donors (Lipinski definition) is 1. The first-order chi connectivity index (χ1) is 9.65. The minimum absolute atomic E-state index is 0.103. The van der Waals surface area contributed by atoms with E-state index in [0.29, 0.717) is 12.7 Å². The number of nitrogens with zero attached hydrogens (tertiary/aromatic N) is 1. The third-order valence-electron chi connectivity index (χ3n) is 4.94. The Balaban J connectivity index is 1.47. The van der Waals surface area contributed by atoms with Crippen LogP contribution in [0.5, 0.6) is 0 Å². The van der Waals surface area contributed by atoms with Crippen molar-refractivity contribution in [2.24, 2.45) is 0 Å². The molecule has 1 saturated carbocycles. The molecule has 2 unspecified atom stereocenters. The van der Waals surface area contributed by atoms with Gasteiger partial charge in [-0.1, -0.05) is 12.8 Å². The molecule has 114 valence electrons. The highest BCUT2D eigenvalue weighted by Gasteiger charge is 2.42. The molecule has 5 nitrogen and oxygen atoms in total. The molecule has 0 aromatic heterocycles. The fraction of sp³-hybridized carbons (Fsp3) is 0.933. The molecule has 1 N–H and O–H groups in total. The van der Waals surface area contributed by atoms with Gasteiger partial charge in [0.25, 0.3) is 0 Å². The topological polar surface area (TPSA) is 59.0 Å². The summed E-state index contributed by atoms with van der Waals surface area (Å²) in [5, 5.41) is 8.85. The molecular weight excluding hydrogens is 258 g/mol. The van der Waals surface area contributed by atoms with Crippen LogP contribution < -0.4 is 0 Å². The van der Waals surface area contributed by atoms with Gasteiger partial charge in [-0.15, -0.1) is 0 Å². The first-order valence-electron chi connectivity index (χ1n) is 7.89. The van der Waals surface area contributed by atoms with Crippen molar-refractivity contribution >= 4 is 5.97 Å². The predicted molar refractivity (Wildman–Crippen MR) is 73.7 cm³/mol. The number of ether oxygens (including phenoxy) is 2. The van der Waals surface area contributed by atoms with Crippen molar-refractivity contribution in [3.63, 3.8) is 0 Å². The van der Waals surface area contributed by atoms with E-state index in [4.69, 9.17) is 14.6 Å². The molecule has 2 aliphatic heterocycles. The molecule has 0 radical (unpaired) electrons. The van der Waals surface area contributed by atoms with Crippen LogP contribution >= 0.6 is 0 Å². The molecule has 3 rings (SSSR count). The summed E-state index contributed by atoms with van der Waals surface area (Å²) in [5.74, 6) is -0.779. The first-order valence-corrected chi connectivity index (χ1v) is 7.89. The standard InChI is InChI=1S/C15H25NO4/c17-14(18)9-13-11-16(7-8-19-13)10-12-3-6-15(20-12)4-1-2-5-15/h12-13H,1-11H2,(H,17,18). The molecule has 0 bridgehead atoms. The number of carboxylic acids is 1. The van der Waals surface area contributed by atoms with Gasteiger partial charge in [0.2, 0.25) is 0 Å². The van der Waals surface area contributed by atoms with Crippen molar-refractivity contribution < 1.29 is 19.4 Å². The highest BCUT2D eigenvalue weighted by atomic mass is 16.5. The van der Waals surface area contributed by atoms with Crippen LogP contribution in [0.2, 0.25) is 0 Å². The quantitative estimate of drug-likeness (QED) is 0.850. The third kappa shape index (κ3) is 3.32. The van der Waals surface area contributed by atoms with Crippen LogP contribution in [0.1, 0.15) is 44.9 Å². The maximum absolute atomic E-state index is 10.8. The van der Waals surface area contributed by atoms with Crippen LogP contribution in [0.3, 0.4) is 0 Å². The van der Waals surface area contributed by atoms with Gasteiger partial charge in [-0.3, -0.25) is 9.69 Å². The maximum Gasteiger partial charge on any atom is 0.306 e. The van der Waals surface area contributed by atoms with Gasteiger partial charge < -0.3 is 14.6 Å². The molecular formula is C15H25NO4. The molecule has 3 fully saturated rings. The molecule has 1 aliphatic carbocycles. The summed E-state index contributed by atoms with van der Waals surface area (Å²) in [6.07, 6.45) is 7.71. The molecule has 2 heterocycles. The molecule has 3 aliphatic rings. The zero-order valence-corrected chi connectivity index (χ0v) is 12.1. The third-order valence-corrected chi connectivity index (χ3v) is 4.94. The van der Waals surface area contributed by atoms with Gasteiger partial charge in [0, 0.05) is 19.6 Å². The summed E-state index contributed by atoms with van der Waals surface area (Å²) >= 11 is 0. The summed E-state index contributed by atoms with van der Waals surface area (Å²) in [6, 6.07) is 0. The lowest BCUT2D eigenvalue weighted by Gasteiger charge is -2.34. The Morgan fingerprint density at radius 3 is 2.80 bits per heavy atom. The highest BCUT2D eigenvalue weighted by molar-refractivity contribution is 5.67. The molecule has 2 saturated heterocycles. The number of carbonyl (C=O) groups is 1. The predicted octanol–water partition coefficient (Wildman–Crippen LogP) is 1.65. The van der Waals surface area contributed by atoms with Gasteiger partial charge in [-0.05, 0) is 25.7 Å². The van der Waals surface area contributed by atoms with Crippen molar-refractivity contribution in [3.8, 4) is 0 Å². The van der Waals surface area contributed by atoms with Crippen LogP contribution in [0.25, 0.3) is 0 Å². The second-order valence-corrected chi connectivity index (χ2v) is 6.52. The van der Waals surface area contributed by atoms with E-state index >= 15 is 0 Å². The van der Waals surface area contributed by atoms with Gasteiger partial charge >= 0.3 is 5.97 Å². The molecule has 1 spiro atoms. The van der Waals surface area contributed by atoms with Crippen molar-refractivity contribution in [1.82, 2.24) is 4.90 Å². The summed E-state index contributed by atoms with van der Waals surface area (Å²) in [5.41, 5.74) is 0.192. The summed E-state index contributed by atoms with van der Waals surface area (Å²) in [7, 11) is 0. The number of rotatable bonds is 4. The van der Waals surface area contributed by atoms with Crippen molar-refractivity contribution in [2.45, 2.75) is 62.8 Å². The van der Waals surface area contributed by atoms with E-state index in [1.165, 1.54) is 32.1 Å². The van der Waals surface area contributed by atoms with Crippen LogP contribution in [0.15, 0.2) is 0 Å². The molecule has 0 aromatic carbocycles. The van der Waals surface area contributed by atoms with E-state index in [9.17, 15) is 4.79 Å². The van der Waals surface area contributed by atoms with E-state index in [2.05, 4.69) is 4.90 Å². The Morgan fingerprint density at radius 2 is 2.05 bits per heavy atom. The zero-order valence-electron chi connectivity index (χ0n) is 12.1. The summed E-state index contributed by atoms with van der Waals surface area (Å²) in [4.78, 5) is 13.1. The minimum Gasteiger partial charge on any atom is -0.481 e. The van der Waals surface area contributed by atoms with Crippen molar-refractivity contribution in [1.29, 1.82) is 0 Å². The fourth-order valence-corrected chi connectivity index (χ4v) is 3.96. The Hall–Kier alpha value is -0.650. The minimum atomic E-state index is -0.779. The Morgan fingerprint density at radius 1 is 1.25 bits per heavy atom. The number of hydrogen-bond acceptors (Lipinski definition) is 4. The Kier molecular flexibility index (Phi) is 4.29. The number of carboxylic acid groups (broad SMARTS) is 1. The normalized spacial score (nSPS) is 33.8. The molecule has 0 aromatic rings. The molecule has 20 heavy (non-hydrogen) atoms. The Labute approximate surface area is 120 Å². The van der Waals surface area contributed by atoms with Crippen LogP contribution in [-0.2, 0) is 14.3 Å². The van der Waals surface area contributed by atoms with Crippen LogP contribution in [0.4, 0.5) is 0 Å². The summed E-state index contributed by atoms with van der Waals surface area (Å²) < 4.78 is 11.8. The van der Waals surface area contributed by atoms with E-state index < -0.39 is 5.97 Å². The van der Waals surface area contributed by atoms with E-state index in [-0.39, 0.29) is 18.1 Å². The van der Waals surface area contributed by atoms with E-state index in [1.54, 1.807) is 0 Å². The lowest BCUT2D eigenvalue weighted by Crippen LogP contribution is -2.46. The van der Waals surface area contributed by atoms with Crippen LogP contribution in [0, 0.1) is 0 Å². The van der Waals surface area contributed by atoms with Gasteiger partial charge in [0.05, 0.1) is 30.8 Å². The van der Waals surface area contributed by atoms with Gasteiger partial charge in [-0.2, -0.15) is 0 Å². The number of morpholine rings is 1. The Bertz CT molecular complexity index is 354. The van der Waals surface area contributed by atoms with Crippen molar-refractivity contribution in [2.75, 3.05) is 26.2 Å². The molecule has 2 atom stereocenters. The van der Waals surface area contributed by atoms with Gasteiger partial charge in [-0.25, -0.2) is 0 Å². The van der Waals surface area contributed by atoms with E-state index in [0.717, 1.165) is 26.1 Å². The second kappa shape index (κ2) is 6.00. The molecule has 0 amide bonds. The zero-order chi connectivity index (χ0) is 14.0. The number of aliphatic carboxylic acids is 1. The van der Waals surface area contributed by atoms with Crippen molar-refractivity contribution in [3.05, 3.63) is 0 Å². The van der Waals surface area contributed by atoms with E-state index in [1.807, 2.05) is 0 Å². The smallest absolute Gasteiger partial charge is 0.306 e. The van der Waals surface area contributed by atoms with Crippen LogP contribution in [-0.4, -0.2) is 60.0 Å². The maximum atomic E-state index is 10.8. The average molecular weight is 283 g/mol. The largest absolute Gasteiger partial charge is 0.481 e. The first kappa shape index (κ1) is 14.3. The second-order valence-electron chi connectivity index (χ2n) is 6.52.